The summed E-state index contributed by atoms with van der Waals surface area (Å²) in [6.45, 7) is 7.67. The Balaban J connectivity index is 0.00000160. The van der Waals surface area contributed by atoms with Gasteiger partial charge in [0, 0.05) is 24.1 Å². The van der Waals surface area contributed by atoms with E-state index in [4.69, 9.17) is 16.6 Å². The van der Waals surface area contributed by atoms with Crippen LogP contribution in [0, 0.1) is 25.7 Å². The number of hydrogen-bond acceptors (Lipinski definition) is 2. The van der Waals surface area contributed by atoms with E-state index < -0.39 is 0 Å². The fourth-order valence-corrected chi connectivity index (χ4v) is 4.95. The van der Waals surface area contributed by atoms with Gasteiger partial charge in [-0.3, -0.25) is 0 Å². The van der Waals surface area contributed by atoms with E-state index in [-0.39, 0.29) is 32.5 Å². The van der Waals surface area contributed by atoms with E-state index in [0.29, 0.717) is 17.8 Å². The van der Waals surface area contributed by atoms with E-state index in [2.05, 4.69) is 49.6 Å². The second-order valence-corrected chi connectivity index (χ2v) is 8.87. The molecule has 1 unspecified atom stereocenters. The second kappa shape index (κ2) is 10.4. The Morgan fingerprint density at radius 3 is 2.47 bits per heavy atom. The molecule has 0 saturated heterocycles. The summed E-state index contributed by atoms with van der Waals surface area (Å²) < 4.78 is 2.38. The lowest BCUT2D eigenvalue weighted by Crippen LogP contribution is -2.21. The Morgan fingerprint density at radius 2 is 1.80 bits per heavy atom. The maximum absolute atomic E-state index is 9.84. The third-order valence-corrected chi connectivity index (χ3v) is 6.90. The highest BCUT2D eigenvalue weighted by molar-refractivity contribution is 7.59. The van der Waals surface area contributed by atoms with Crippen LogP contribution in [-0.4, -0.2) is 21.3 Å². The quantitative estimate of drug-likeness (QED) is 0.471. The monoisotopic (exact) mass is 466 g/mol. The van der Waals surface area contributed by atoms with Crippen molar-refractivity contribution in [2.45, 2.75) is 52.5 Å². The number of aromatic nitrogens is 2. The highest BCUT2D eigenvalue weighted by Crippen LogP contribution is 2.42. The lowest BCUT2D eigenvalue weighted by Gasteiger charge is -2.25. The number of nitrogens with zero attached hydrogens (tertiary/aromatic N) is 2. The molecular formula is C24H32Cl2N2OS. The van der Waals surface area contributed by atoms with Gasteiger partial charge in [-0.2, -0.15) is 13.5 Å². The van der Waals surface area contributed by atoms with Gasteiger partial charge in [0.2, 0.25) is 0 Å². The van der Waals surface area contributed by atoms with Crippen LogP contribution in [0.3, 0.4) is 0 Å². The van der Waals surface area contributed by atoms with Crippen molar-refractivity contribution in [1.82, 2.24) is 9.55 Å². The summed E-state index contributed by atoms with van der Waals surface area (Å²) in [5.41, 5.74) is 6.05. The first-order chi connectivity index (χ1) is 13.5. The maximum Gasteiger partial charge on any atom is 0.113 e. The van der Waals surface area contributed by atoms with Gasteiger partial charge in [-0.25, -0.2) is 4.98 Å². The molecule has 3 nitrogen and oxygen atoms in total. The smallest absolute Gasteiger partial charge is 0.113 e. The van der Waals surface area contributed by atoms with Crippen molar-refractivity contribution in [3.8, 4) is 0 Å². The molecule has 1 N–H and O–H groups in total. The fourth-order valence-electron chi connectivity index (χ4n) is 4.83. The molecule has 1 aliphatic carbocycles. The number of halogens is 2. The van der Waals surface area contributed by atoms with Gasteiger partial charge < -0.3 is 9.67 Å². The predicted molar refractivity (Wildman–Crippen MR) is 134 cm³/mol. The standard InChI is InChI=1S/C24H29ClN2O.ClH.H2S/c1-15-11-22-23(12-16(15)2)27(13-18-7-9-20(25)10-8-18)24(26-22)17(3)21-6-4-5-19(21)14-28;;/h7-12,17,19,21,28H,4-6,13-14H2,1-3H3;1H;1H2/t17-,19-,21?;;/m0../s1. The van der Waals surface area contributed by atoms with Crippen LogP contribution >= 0.6 is 37.5 Å². The van der Waals surface area contributed by atoms with Crippen molar-refractivity contribution in [2.75, 3.05) is 6.61 Å². The van der Waals surface area contributed by atoms with Crippen molar-refractivity contribution in [2.24, 2.45) is 11.8 Å². The van der Waals surface area contributed by atoms with E-state index in [1.54, 1.807) is 0 Å². The highest BCUT2D eigenvalue weighted by atomic mass is 35.5. The zero-order chi connectivity index (χ0) is 19.8. The van der Waals surface area contributed by atoms with E-state index in [0.717, 1.165) is 29.3 Å². The van der Waals surface area contributed by atoms with Gasteiger partial charge in [0.05, 0.1) is 11.0 Å². The van der Waals surface area contributed by atoms with Crippen LogP contribution in [-0.2, 0) is 6.54 Å². The van der Waals surface area contributed by atoms with Crippen LogP contribution < -0.4 is 0 Å². The number of fused-ring (bicyclic) bond motifs is 1. The first-order valence-corrected chi connectivity index (χ1v) is 10.7. The Bertz CT molecular complexity index is 987. The van der Waals surface area contributed by atoms with Gasteiger partial charge in [-0.15, -0.1) is 12.4 Å². The summed E-state index contributed by atoms with van der Waals surface area (Å²) >= 11 is 6.08. The molecule has 3 aromatic rings. The average molecular weight is 468 g/mol. The first kappa shape index (κ1) is 25.1. The molecule has 6 heteroatoms. The number of hydrogen-bond donors (Lipinski definition) is 1. The molecule has 0 spiro atoms. The van der Waals surface area contributed by atoms with Gasteiger partial charge in [-0.05, 0) is 79.5 Å². The third kappa shape index (κ3) is 4.83. The summed E-state index contributed by atoms with van der Waals surface area (Å²) in [4.78, 5) is 5.10. The van der Waals surface area contributed by atoms with Crippen LogP contribution in [0.4, 0.5) is 0 Å². The molecule has 1 saturated carbocycles. The topological polar surface area (TPSA) is 38.1 Å². The molecule has 2 aromatic carbocycles. The summed E-state index contributed by atoms with van der Waals surface area (Å²) in [7, 11) is 0. The minimum absolute atomic E-state index is 0. The fraction of sp³-hybridized carbons (Fsp3) is 0.458. The van der Waals surface area contributed by atoms with Crippen molar-refractivity contribution in [3.63, 3.8) is 0 Å². The van der Waals surface area contributed by atoms with Crippen LogP contribution in [0.2, 0.25) is 5.02 Å². The van der Waals surface area contributed by atoms with Crippen molar-refractivity contribution < 1.29 is 5.11 Å². The number of rotatable bonds is 5. The lowest BCUT2D eigenvalue weighted by atomic mass is 9.84. The molecule has 1 heterocycles. The van der Waals surface area contributed by atoms with E-state index in [1.165, 1.54) is 35.0 Å². The van der Waals surface area contributed by atoms with E-state index in [9.17, 15) is 5.11 Å². The van der Waals surface area contributed by atoms with Crippen molar-refractivity contribution in [1.29, 1.82) is 0 Å². The lowest BCUT2D eigenvalue weighted by molar-refractivity contribution is 0.180. The Labute approximate surface area is 197 Å². The Hall–Kier alpha value is -1.20. The Kier molecular flexibility index (Phi) is 8.70. The maximum atomic E-state index is 9.84. The molecule has 30 heavy (non-hydrogen) atoms. The third-order valence-electron chi connectivity index (χ3n) is 6.65. The molecule has 4 rings (SSSR count). The number of aryl methyl sites for hydroxylation is 2. The zero-order valence-corrected chi connectivity index (χ0v) is 20.4. The molecule has 0 aliphatic heterocycles. The SMILES string of the molecule is Cc1cc2nc([C@@H](C)C3CCC[C@H]3CO)n(Cc3ccc(Cl)cc3)c2cc1C.Cl.S. The number of aliphatic hydroxyl groups excluding tert-OH is 1. The molecule has 1 aromatic heterocycles. The summed E-state index contributed by atoms with van der Waals surface area (Å²) in [6, 6.07) is 12.6. The molecule has 3 atom stereocenters. The molecular weight excluding hydrogens is 435 g/mol. The van der Waals surface area contributed by atoms with Gasteiger partial charge in [0.25, 0.3) is 0 Å². The van der Waals surface area contributed by atoms with Crippen LogP contribution in [0.1, 0.15) is 54.6 Å². The van der Waals surface area contributed by atoms with Crippen LogP contribution in [0.15, 0.2) is 36.4 Å². The van der Waals surface area contributed by atoms with Crippen molar-refractivity contribution >= 4 is 48.5 Å². The zero-order valence-electron chi connectivity index (χ0n) is 17.9. The average Bonchev–Trinajstić information content (AvgIpc) is 3.29. The summed E-state index contributed by atoms with van der Waals surface area (Å²) in [5.74, 6) is 2.34. The first-order valence-electron chi connectivity index (χ1n) is 10.3. The van der Waals surface area contributed by atoms with E-state index in [1.807, 2.05) is 12.1 Å². The van der Waals surface area contributed by atoms with Gasteiger partial charge in [0.15, 0.2) is 0 Å². The van der Waals surface area contributed by atoms with Crippen LogP contribution in [0.5, 0.6) is 0 Å². The minimum Gasteiger partial charge on any atom is -0.396 e. The molecule has 1 aliphatic rings. The highest BCUT2D eigenvalue weighted by Gasteiger charge is 2.34. The normalized spacial score (nSPS) is 19.4. The molecule has 164 valence electrons. The van der Waals surface area contributed by atoms with Crippen molar-refractivity contribution in [3.05, 3.63) is 63.9 Å². The minimum atomic E-state index is 0. The number of benzene rings is 2. The van der Waals surface area contributed by atoms with Gasteiger partial charge >= 0.3 is 0 Å². The predicted octanol–water partition coefficient (Wildman–Crippen LogP) is 6.40. The van der Waals surface area contributed by atoms with Crippen LogP contribution in [0.25, 0.3) is 11.0 Å². The van der Waals surface area contributed by atoms with E-state index >= 15 is 0 Å². The molecule has 1 fully saturated rings. The summed E-state index contributed by atoms with van der Waals surface area (Å²) in [5, 5.41) is 10.6. The molecule has 0 amide bonds. The Morgan fingerprint density at radius 1 is 1.13 bits per heavy atom. The number of aliphatic hydroxyl groups is 1. The van der Waals surface area contributed by atoms with Gasteiger partial charge in [0.1, 0.15) is 5.82 Å². The number of imidazole rings is 1. The molecule has 0 bridgehead atoms. The summed E-state index contributed by atoms with van der Waals surface area (Å²) in [6.07, 6.45) is 3.51. The largest absolute Gasteiger partial charge is 0.396 e. The molecule has 0 radical (unpaired) electrons. The van der Waals surface area contributed by atoms with Gasteiger partial charge in [-0.1, -0.05) is 37.1 Å². The second-order valence-electron chi connectivity index (χ2n) is 8.43.